The van der Waals surface area contributed by atoms with Crippen LogP contribution in [0.4, 0.5) is 29.3 Å². The Balaban J connectivity index is 1.87. The molecule has 0 aromatic heterocycles. The van der Waals surface area contributed by atoms with E-state index in [1.807, 2.05) is 0 Å². The number of hydrogen-bond donors (Lipinski definition) is 1. The molecule has 0 bridgehead atoms. The lowest BCUT2D eigenvalue weighted by atomic mass is 9.94. The van der Waals surface area contributed by atoms with E-state index >= 15 is 0 Å². The van der Waals surface area contributed by atoms with Gasteiger partial charge in [-0.1, -0.05) is 35.3 Å². The molecule has 1 N–H and O–H groups in total. The van der Waals surface area contributed by atoms with E-state index in [9.17, 15) is 23.1 Å². The highest BCUT2D eigenvalue weighted by atomic mass is 35.5. The summed E-state index contributed by atoms with van der Waals surface area (Å²) in [5.41, 5.74) is -1.25. The summed E-state index contributed by atoms with van der Waals surface area (Å²) in [6, 6.07) is 16.0. The lowest BCUT2D eigenvalue weighted by molar-refractivity contribution is -0.274. The zero-order valence-electron chi connectivity index (χ0n) is 17.1. The average Bonchev–Trinajstić information content (AvgIpc) is 2.95. The van der Waals surface area contributed by atoms with Crippen molar-refractivity contribution in [3.8, 4) is 5.75 Å². The van der Waals surface area contributed by atoms with Gasteiger partial charge in [-0.05, 0) is 67.6 Å². The predicted octanol–water partition coefficient (Wildman–Crippen LogP) is 6.57. The standard InChI is InChI=1S/C23H17Cl2F3N2O3/c1-14-22(32,15-3-2-4-20(13-15)33-23(26,27)28)30(19-11-7-17(25)8-12-19)21(31)29(14)18-9-5-16(24)6-10-18/h2-14,32H,1H3/t14-,22?/m0/s1. The topological polar surface area (TPSA) is 53.0 Å². The lowest BCUT2D eigenvalue weighted by Crippen LogP contribution is -2.48. The summed E-state index contributed by atoms with van der Waals surface area (Å²) in [6.07, 6.45) is -4.91. The van der Waals surface area contributed by atoms with Crippen LogP contribution >= 0.6 is 23.2 Å². The molecule has 1 unspecified atom stereocenters. The number of alkyl halides is 3. The van der Waals surface area contributed by atoms with Crippen molar-refractivity contribution < 1.29 is 27.8 Å². The first-order valence-corrected chi connectivity index (χ1v) is 10.5. The van der Waals surface area contributed by atoms with E-state index in [1.165, 1.54) is 17.0 Å². The fourth-order valence-corrected chi connectivity index (χ4v) is 4.16. The number of nitrogens with zero attached hydrogens (tertiary/aromatic N) is 2. The number of hydrogen-bond acceptors (Lipinski definition) is 3. The van der Waals surface area contributed by atoms with Crippen LogP contribution in [0.3, 0.4) is 0 Å². The van der Waals surface area contributed by atoms with E-state index in [2.05, 4.69) is 4.74 Å². The van der Waals surface area contributed by atoms with E-state index in [0.29, 0.717) is 21.4 Å². The molecule has 1 aliphatic rings. The van der Waals surface area contributed by atoms with Gasteiger partial charge in [0, 0.05) is 27.0 Å². The summed E-state index contributed by atoms with van der Waals surface area (Å²) in [7, 11) is 0. The molecule has 1 aliphatic heterocycles. The number of amides is 2. The van der Waals surface area contributed by atoms with Gasteiger partial charge < -0.3 is 9.84 Å². The number of carbonyl (C=O) groups is 1. The number of urea groups is 1. The van der Waals surface area contributed by atoms with Gasteiger partial charge in [-0.15, -0.1) is 13.2 Å². The van der Waals surface area contributed by atoms with E-state index in [0.717, 1.165) is 17.0 Å². The molecule has 1 fully saturated rings. The highest BCUT2D eigenvalue weighted by Gasteiger charge is 2.57. The highest BCUT2D eigenvalue weighted by Crippen LogP contribution is 2.45. The molecule has 172 valence electrons. The third kappa shape index (κ3) is 4.34. The van der Waals surface area contributed by atoms with E-state index in [1.54, 1.807) is 55.5 Å². The molecule has 0 spiro atoms. The van der Waals surface area contributed by atoms with E-state index in [4.69, 9.17) is 23.2 Å². The first kappa shape index (κ1) is 23.2. The molecular formula is C23H17Cl2F3N2O3. The van der Waals surface area contributed by atoms with Crippen molar-refractivity contribution in [2.45, 2.75) is 25.1 Å². The Kier molecular flexibility index (Phi) is 5.94. The van der Waals surface area contributed by atoms with Crippen LogP contribution in [0, 0.1) is 0 Å². The van der Waals surface area contributed by atoms with Gasteiger partial charge in [-0.25, -0.2) is 4.79 Å². The van der Waals surface area contributed by atoms with Crippen LogP contribution in [0.5, 0.6) is 5.75 Å². The number of benzene rings is 3. The maximum Gasteiger partial charge on any atom is 0.573 e. The lowest BCUT2D eigenvalue weighted by Gasteiger charge is -2.36. The second-order valence-corrected chi connectivity index (χ2v) is 8.29. The van der Waals surface area contributed by atoms with Crippen molar-refractivity contribution in [3.05, 3.63) is 88.4 Å². The van der Waals surface area contributed by atoms with Crippen LogP contribution in [0.15, 0.2) is 72.8 Å². The third-order valence-corrected chi connectivity index (χ3v) is 5.89. The Hall–Kier alpha value is -2.94. The third-order valence-electron chi connectivity index (χ3n) is 5.39. The first-order chi connectivity index (χ1) is 15.5. The van der Waals surface area contributed by atoms with Crippen LogP contribution in [0.2, 0.25) is 10.0 Å². The smallest absolute Gasteiger partial charge is 0.406 e. The van der Waals surface area contributed by atoms with Crippen LogP contribution in [-0.2, 0) is 5.72 Å². The zero-order valence-corrected chi connectivity index (χ0v) is 18.6. The Morgan fingerprint density at radius 2 is 1.48 bits per heavy atom. The second-order valence-electron chi connectivity index (χ2n) is 7.42. The number of ether oxygens (including phenoxy) is 1. The quantitative estimate of drug-likeness (QED) is 0.444. The summed E-state index contributed by atoms with van der Waals surface area (Å²) < 4.78 is 42.4. The number of halogens is 5. The molecule has 0 aliphatic carbocycles. The molecule has 4 rings (SSSR count). The van der Waals surface area contributed by atoms with Gasteiger partial charge in [-0.3, -0.25) is 9.80 Å². The molecule has 3 aromatic rings. The van der Waals surface area contributed by atoms with Crippen molar-refractivity contribution in [1.82, 2.24) is 0 Å². The monoisotopic (exact) mass is 496 g/mol. The van der Waals surface area contributed by atoms with Gasteiger partial charge in [0.25, 0.3) is 0 Å². The fraction of sp³-hybridized carbons (Fsp3) is 0.174. The van der Waals surface area contributed by atoms with Crippen LogP contribution in [0.25, 0.3) is 0 Å². The Bertz CT molecular complexity index is 1170. The molecule has 5 nitrogen and oxygen atoms in total. The second kappa shape index (κ2) is 8.44. The largest absolute Gasteiger partial charge is 0.573 e. The fourth-order valence-electron chi connectivity index (χ4n) is 3.91. The molecule has 1 saturated heterocycles. The minimum atomic E-state index is -4.91. The summed E-state index contributed by atoms with van der Waals surface area (Å²) in [6.45, 7) is 1.60. The van der Waals surface area contributed by atoms with E-state index in [-0.39, 0.29) is 5.56 Å². The SMILES string of the molecule is C[C@@H]1N(c2ccc(Cl)cc2)C(=O)N(c2ccc(Cl)cc2)C1(O)c1cccc(OC(F)(F)F)c1. The van der Waals surface area contributed by atoms with Crippen molar-refractivity contribution in [2.75, 3.05) is 9.80 Å². The van der Waals surface area contributed by atoms with Crippen LogP contribution in [0.1, 0.15) is 12.5 Å². The molecule has 1 heterocycles. The number of rotatable bonds is 4. The molecular weight excluding hydrogens is 480 g/mol. The predicted molar refractivity (Wildman–Crippen MR) is 120 cm³/mol. The summed E-state index contributed by atoms with van der Waals surface area (Å²) in [5.74, 6) is -0.519. The summed E-state index contributed by atoms with van der Waals surface area (Å²) >= 11 is 12.0. The van der Waals surface area contributed by atoms with Gasteiger partial charge in [-0.2, -0.15) is 0 Å². The Morgan fingerprint density at radius 1 is 0.939 bits per heavy atom. The summed E-state index contributed by atoms with van der Waals surface area (Å²) in [4.78, 5) is 16.1. The Morgan fingerprint density at radius 3 is 2.03 bits per heavy atom. The average molecular weight is 497 g/mol. The number of aliphatic hydroxyl groups is 1. The van der Waals surface area contributed by atoms with Gasteiger partial charge in [0.2, 0.25) is 0 Å². The molecule has 33 heavy (non-hydrogen) atoms. The van der Waals surface area contributed by atoms with Gasteiger partial charge in [0.15, 0.2) is 5.72 Å². The van der Waals surface area contributed by atoms with Crippen molar-refractivity contribution in [2.24, 2.45) is 0 Å². The molecule has 2 atom stereocenters. The molecule has 0 saturated carbocycles. The zero-order chi connectivity index (χ0) is 24.0. The first-order valence-electron chi connectivity index (χ1n) is 9.74. The number of carbonyl (C=O) groups excluding carboxylic acids is 1. The van der Waals surface area contributed by atoms with Crippen LogP contribution < -0.4 is 14.5 Å². The maximum absolute atomic E-state index is 13.6. The molecule has 2 amide bonds. The van der Waals surface area contributed by atoms with Gasteiger partial charge >= 0.3 is 12.4 Å². The molecule has 10 heteroatoms. The molecule has 3 aromatic carbocycles. The van der Waals surface area contributed by atoms with Crippen molar-refractivity contribution in [1.29, 1.82) is 0 Å². The van der Waals surface area contributed by atoms with E-state index < -0.39 is 29.9 Å². The summed E-state index contributed by atoms with van der Waals surface area (Å²) in [5, 5.41) is 12.8. The van der Waals surface area contributed by atoms with Crippen molar-refractivity contribution in [3.63, 3.8) is 0 Å². The number of anilines is 2. The highest BCUT2D eigenvalue weighted by molar-refractivity contribution is 6.31. The Labute approximate surface area is 197 Å². The van der Waals surface area contributed by atoms with Gasteiger partial charge in [0.05, 0.1) is 6.04 Å². The minimum Gasteiger partial charge on any atom is -0.406 e. The molecule has 0 radical (unpaired) electrons. The van der Waals surface area contributed by atoms with Crippen molar-refractivity contribution >= 4 is 40.6 Å². The van der Waals surface area contributed by atoms with Crippen LogP contribution in [-0.4, -0.2) is 23.5 Å². The van der Waals surface area contributed by atoms with Gasteiger partial charge in [0.1, 0.15) is 5.75 Å². The normalized spacial score (nSPS) is 20.9. The minimum absolute atomic E-state index is 0.0384. The maximum atomic E-state index is 13.6.